The second-order valence-corrected chi connectivity index (χ2v) is 5.48. The number of halogens is 1. The van der Waals surface area contributed by atoms with Crippen molar-refractivity contribution >= 4 is 11.6 Å². The Bertz CT molecular complexity index is 908. The van der Waals surface area contributed by atoms with Crippen LogP contribution in [0.5, 0.6) is 5.75 Å². The summed E-state index contributed by atoms with van der Waals surface area (Å²) in [4.78, 5) is 4.39. The molecule has 0 bridgehead atoms. The monoisotopic (exact) mass is 320 g/mol. The number of rotatable bonds is 4. The first-order valence-electron chi connectivity index (χ1n) is 7.48. The normalized spacial score (nSPS) is 11.1. The van der Waals surface area contributed by atoms with Crippen LogP contribution in [0.4, 0.5) is 4.39 Å². The standard InChI is InChI=1S/C20H17FN2O/c1-14(15-7-9-17(21)10-8-15)6-11-20-22-13-19(23(20)2)16-4-3-5-18(24)12-16/h3-13,24H,1H2,2H3/b11-6-. The van der Waals surface area contributed by atoms with Crippen LogP contribution < -0.4 is 0 Å². The number of phenolic OH excluding ortho intramolecular Hbond substituents is 1. The van der Waals surface area contributed by atoms with Gasteiger partial charge in [0.2, 0.25) is 0 Å². The van der Waals surface area contributed by atoms with Crippen molar-refractivity contribution < 1.29 is 9.50 Å². The second kappa shape index (κ2) is 6.54. The van der Waals surface area contributed by atoms with Gasteiger partial charge >= 0.3 is 0 Å². The minimum Gasteiger partial charge on any atom is -0.508 e. The van der Waals surface area contributed by atoms with E-state index in [1.165, 1.54) is 12.1 Å². The molecule has 0 aliphatic heterocycles. The molecule has 0 saturated heterocycles. The number of phenols is 1. The van der Waals surface area contributed by atoms with Crippen molar-refractivity contribution in [2.24, 2.45) is 7.05 Å². The Morgan fingerprint density at radius 2 is 1.96 bits per heavy atom. The lowest BCUT2D eigenvalue weighted by atomic mass is 10.1. The smallest absolute Gasteiger partial charge is 0.132 e. The second-order valence-electron chi connectivity index (χ2n) is 5.48. The van der Waals surface area contributed by atoms with E-state index in [0.29, 0.717) is 0 Å². The molecule has 0 fully saturated rings. The number of nitrogens with zero attached hydrogens (tertiary/aromatic N) is 2. The van der Waals surface area contributed by atoms with Crippen LogP contribution in [-0.2, 0) is 7.05 Å². The quantitative estimate of drug-likeness (QED) is 0.710. The van der Waals surface area contributed by atoms with E-state index in [0.717, 1.165) is 28.2 Å². The summed E-state index contributed by atoms with van der Waals surface area (Å²) in [6.07, 6.45) is 5.47. The van der Waals surface area contributed by atoms with E-state index in [-0.39, 0.29) is 11.6 Å². The lowest BCUT2D eigenvalue weighted by Crippen LogP contribution is -1.94. The van der Waals surface area contributed by atoms with Gasteiger partial charge in [0.05, 0.1) is 11.9 Å². The molecule has 0 atom stereocenters. The van der Waals surface area contributed by atoms with Crippen molar-refractivity contribution in [3.05, 3.63) is 84.6 Å². The summed E-state index contributed by atoms with van der Waals surface area (Å²) in [6.45, 7) is 4.00. The molecule has 120 valence electrons. The highest BCUT2D eigenvalue weighted by molar-refractivity contribution is 5.76. The zero-order chi connectivity index (χ0) is 17.1. The summed E-state index contributed by atoms with van der Waals surface area (Å²) in [5.41, 5.74) is 3.42. The van der Waals surface area contributed by atoms with Gasteiger partial charge < -0.3 is 9.67 Å². The van der Waals surface area contributed by atoms with Crippen LogP contribution >= 0.6 is 0 Å². The fourth-order valence-corrected chi connectivity index (χ4v) is 2.45. The first kappa shape index (κ1) is 15.7. The third kappa shape index (κ3) is 3.27. The lowest BCUT2D eigenvalue weighted by Gasteiger charge is -2.05. The van der Waals surface area contributed by atoms with Crippen molar-refractivity contribution in [1.29, 1.82) is 0 Å². The maximum Gasteiger partial charge on any atom is 0.132 e. The molecule has 0 amide bonds. The van der Waals surface area contributed by atoms with Crippen LogP contribution in [0.15, 0.2) is 67.4 Å². The highest BCUT2D eigenvalue weighted by atomic mass is 19.1. The molecule has 1 N–H and O–H groups in total. The van der Waals surface area contributed by atoms with Crippen LogP contribution in [0.1, 0.15) is 11.4 Å². The van der Waals surface area contributed by atoms with Crippen LogP contribution in [-0.4, -0.2) is 14.7 Å². The molecule has 24 heavy (non-hydrogen) atoms. The number of hydrogen-bond donors (Lipinski definition) is 1. The molecular formula is C20H17FN2O. The Labute approximate surface area is 140 Å². The highest BCUT2D eigenvalue weighted by Crippen LogP contribution is 2.24. The van der Waals surface area contributed by atoms with Gasteiger partial charge in [0.15, 0.2) is 0 Å². The molecule has 1 aromatic heterocycles. The molecule has 4 heteroatoms. The van der Waals surface area contributed by atoms with Crippen molar-refractivity contribution in [1.82, 2.24) is 9.55 Å². The van der Waals surface area contributed by atoms with Crippen LogP contribution in [0.2, 0.25) is 0 Å². The van der Waals surface area contributed by atoms with E-state index in [1.54, 1.807) is 36.5 Å². The minimum atomic E-state index is -0.268. The van der Waals surface area contributed by atoms with E-state index in [1.807, 2.05) is 29.8 Å². The van der Waals surface area contributed by atoms with Crippen molar-refractivity contribution in [3.8, 4) is 17.0 Å². The number of imidazole rings is 1. The van der Waals surface area contributed by atoms with Gasteiger partial charge in [-0.15, -0.1) is 0 Å². The first-order valence-corrected chi connectivity index (χ1v) is 7.48. The summed E-state index contributed by atoms with van der Waals surface area (Å²) < 4.78 is 14.9. The Morgan fingerprint density at radius 3 is 2.67 bits per heavy atom. The molecule has 3 rings (SSSR count). The van der Waals surface area contributed by atoms with Gasteiger partial charge in [-0.3, -0.25) is 0 Å². The summed E-state index contributed by atoms with van der Waals surface area (Å²) >= 11 is 0. The zero-order valence-corrected chi connectivity index (χ0v) is 13.3. The third-order valence-electron chi connectivity index (χ3n) is 3.81. The van der Waals surface area contributed by atoms with Gasteiger partial charge in [0.25, 0.3) is 0 Å². The molecule has 3 nitrogen and oxygen atoms in total. The Hall–Kier alpha value is -3.14. The molecule has 0 spiro atoms. The SMILES string of the molecule is C=C(/C=C\c1ncc(-c2cccc(O)c2)n1C)c1ccc(F)cc1. The topological polar surface area (TPSA) is 38.1 Å². The maximum absolute atomic E-state index is 13.0. The van der Waals surface area contributed by atoms with E-state index < -0.39 is 0 Å². The molecule has 1 heterocycles. The van der Waals surface area contributed by atoms with E-state index in [2.05, 4.69) is 11.6 Å². The number of aromatic nitrogens is 2. The molecule has 0 radical (unpaired) electrons. The fraction of sp³-hybridized carbons (Fsp3) is 0.0500. The highest BCUT2D eigenvalue weighted by Gasteiger charge is 2.07. The van der Waals surface area contributed by atoms with Crippen LogP contribution in [0, 0.1) is 5.82 Å². The molecule has 0 aliphatic rings. The Kier molecular flexibility index (Phi) is 4.29. The van der Waals surface area contributed by atoms with Gasteiger partial charge in [0.1, 0.15) is 17.4 Å². The summed E-state index contributed by atoms with van der Waals surface area (Å²) in [7, 11) is 1.91. The molecule has 0 unspecified atom stereocenters. The van der Waals surface area contributed by atoms with Gasteiger partial charge in [-0.2, -0.15) is 0 Å². The van der Waals surface area contributed by atoms with Gasteiger partial charge in [-0.25, -0.2) is 9.37 Å². The Balaban J connectivity index is 1.83. The molecular weight excluding hydrogens is 303 g/mol. The van der Waals surface area contributed by atoms with Crippen LogP contribution in [0.3, 0.4) is 0 Å². The molecule has 2 aromatic carbocycles. The van der Waals surface area contributed by atoms with E-state index in [9.17, 15) is 9.50 Å². The van der Waals surface area contributed by atoms with Gasteiger partial charge in [-0.05, 0) is 41.5 Å². The Morgan fingerprint density at radius 1 is 1.21 bits per heavy atom. The number of hydrogen-bond acceptors (Lipinski definition) is 2. The van der Waals surface area contributed by atoms with Crippen molar-refractivity contribution in [2.45, 2.75) is 0 Å². The van der Waals surface area contributed by atoms with Crippen molar-refractivity contribution in [3.63, 3.8) is 0 Å². The van der Waals surface area contributed by atoms with Gasteiger partial charge in [-0.1, -0.05) is 36.9 Å². The largest absolute Gasteiger partial charge is 0.508 e. The molecule has 0 saturated carbocycles. The predicted molar refractivity (Wildman–Crippen MR) is 94.8 cm³/mol. The van der Waals surface area contributed by atoms with E-state index >= 15 is 0 Å². The maximum atomic E-state index is 13.0. The summed E-state index contributed by atoms with van der Waals surface area (Å²) in [5, 5.41) is 9.61. The average molecular weight is 320 g/mol. The molecule has 3 aromatic rings. The number of allylic oxidation sites excluding steroid dienone is 2. The summed E-state index contributed by atoms with van der Waals surface area (Å²) in [6, 6.07) is 13.3. The predicted octanol–water partition coefficient (Wildman–Crippen LogP) is 4.66. The minimum absolute atomic E-state index is 0.218. The zero-order valence-electron chi connectivity index (χ0n) is 13.3. The van der Waals surface area contributed by atoms with Crippen molar-refractivity contribution in [2.75, 3.05) is 0 Å². The van der Waals surface area contributed by atoms with Gasteiger partial charge in [0, 0.05) is 12.6 Å². The third-order valence-corrected chi connectivity index (χ3v) is 3.81. The fourth-order valence-electron chi connectivity index (χ4n) is 2.45. The first-order chi connectivity index (χ1) is 11.5. The van der Waals surface area contributed by atoms with Crippen LogP contribution in [0.25, 0.3) is 22.9 Å². The number of aromatic hydroxyl groups is 1. The molecule has 0 aliphatic carbocycles. The number of benzene rings is 2. The summed E-state index contributed by atoms with van der Waals surface area (Å²) in [5.74, 6) is 0.711. The lowest BCUT2D eigenvalue weighted by molar-refractivity contribution is 0.475. The average Bonchev–Trinajstić information content (AvgIpc) is 2.94. The van der Waals surface area contributed by atoms with E-state index in [4.69, 9.17) is 0 Å².